The van der Waals surface area contributed by atoms with Gasteiger partial charge in [-0.2, -0.15) is 15.8 Å². The predicted molar refractivity (Wildman–Crippen MR) is 96.5 cm³/mol. The van der Waals surface area contributed by atoms with Gasteiger partial charge in [0.15, 0.2) is 0 Å². The Morgan fingerprint density at radius 1 is 1.26 bits per heavy atom. The van der Waals surface area contributed by atoms with E-state index in [2.05, 4.69) is 0 Å². The van der Waals surface area contributed by atoms with Gasteiger partial charge in [0.05, 0.1) is 24.3 Å². The van der Waals surface area contributed by atoms with Gasteiger partial charge in [0.25, 0.3) is 0 Å². The van der Waals surface area contributed by atoms with E-state index in [0.29, 0.717) is 10.6 Å². The number of nitrogens with two attached hydrogens (primary N) is 1. The summed E-state index contributed by atoms with van der Waals surface area (Å²) in [5, 5.41) is 28.2. The Hall–Kier alpha value is -3.34. The third-order valence-corrected chi connectivity index (χ3v) is 4.15. The molecule has 0 radical (unpaired) electrons. The van der Waals surface area contributed by atoms with Crippen molar-refractivity contribution in [2.75, 3.05) is 6.61 Å². The van der Waals surface area contributed by atoms with Crippen LogP contribution < -0.4 is 5.73 Å². The first-order valence-corrected chi connectivity index (χ1v) is 8.32. The number of rotatable bonds is 7. The first-order valence-electron chi connectivity index (χ1n) is 7.94. The van der Waals surface area contributed by atoms with Crippen molar-refractivity contribution in [3.63, 3.8) is 0 Å². The van der Waals surface area contributed by atoms with Gasteiger partial charge in [-0.15, -0.1) is 0 Å². The number of hydrogen-bond acceptors (Lipinski definition) is 7. The number of hydrogen-bond donors (Lipinski definition) is 1. The summed E-state index contributed by atoms with van der Waals surface area (Å²) in [4.78, 5) is 24.7. The summed E-state index contributed by atoms with van der Waals surface area (Å²) in [6.45, 7) is 2.82. The molecule has 1 rings (SSSR count). The molecule has 0 spiro atoms. The molecule has 0 bridgehead atoms. The maximum Gasteiger partial charge on any atom is 0.317 e. The van der Waals surface area contributed by atoms with Crippen LogP contribution >= 0.6 is 11.6 Å². The molecule has 1 aromatic rings. The number of halogens is 1. The van der Waals surface area contributed by atoms with Crippen molar-refractivity contribution >= 4 is 23.4 Å². The molecule has 2 N–H and O–H groups in total. The van der Waals surface area contributed by atoms with Crippen molar-refractivity contribution in [3.8, 4) is 18.2 Å². The minimum atomic E-state index is -1.36. The number of Topliss-reactive ketones (excluding diaryl/α,β-unsaturated/α-hetero) is 1. The monoisotopic (exact) mass is 384 g/mol. The van der Waals surface area contributed by atoms with Crippen LogP contribution in [0.25, 0.3) is 0 Å². The SMILES string of the molecule is CCOC(=O)[C@@H](C(C)=O)[C@H](c1cccc(Cl)c1)[C@@H](C#N)C(N)=C(C#N)C#N. The minimum Gasteiger partial charge on any atom is -0.465 e. The highest BCUT2D eigenvalue weighted by Crippen LogP contribution is 2.38. The first kappa shape index (κ1) is 21.7. The second-order valence-electron chi connectivity index (χ2n) is 5.58. The molecule has 0 unspecified atom stereocenters. The van der Waals surface area contributed by atoms with Crippen molar-refractivity contribution in [2.45, 2.75) is 19.8 Å². The Morgan fingerprint density at radius 3 is 2.33 bits per heavy atom. The van der Waals surface area contributed by atoms with E-state index in [1.54, 1.807) is 37.3 Å². The number of allylic oxidation sites excluding steroid dienone is 2. The van der Waals surface area contributed by atoms with Gasteiger partial charge in [-0.25, -0.2) is 0 Å². The number of nitrogens with zero attached hydrogens (tertiary/aromatic N) is 3. The molecular formula is C19H17ClN4O3. The van der Waals surface area contributed by atoms with E-state index in [9.17, 15) is 14.9 Å². The zero-order valence-electron chi connectivity index (χ0n) is 14.8. The first-order chi connectivity index (χ1) is 12.8. The normalized spacial score (nSPS) is 13.0. The van der Waals surface area contributed by atoms with E-state index in [1.807, 2.05) is 6.07 Å². The molecule has 1 aromatic carbocycles. The van der Waals surface area contributed by atoms with E-state index in [4.69, 9.17) is 32.6 Å². The summed E-state index contributed by atoms with van der Waals surface area (Å²) in [6, 6.07) is 11.4. The number of carbonyl (C=O) groups is 2. The molecule has 0 heterocycles. The van der Waals surface area contributed by atoms with E-state index in [0.717, 1.165) is 0 Å². The van der Waals surface area contributed by atoms with Crippen LogP contribution in [-0.2, 0) is 14.3 Å². The molecule has 138 valence electrons. The van der Waals surface area contributed by atoms with Crippen LogP contribution in [0.4, 0.5) is 0 Å². The number of ether oxygens (including phenoxy) is 1. The Balaban J connectivity index is 3.73. The van der Waals surface area contributed by atoms with Crippen molar-refractivity contribution in [2.24, 2.45) is 17.6 Å². The Labute approximate surface area is 162 Å². The fourth-order valence-electron chi connectivity index (χ4n) is 2.74. The van der Waals surface area contributed by atoms with E-state index in [-0.39, 0.29) is 12.3 Å². The third-order valence-electron chi connectivity index (χ3n) is 3.92. The minimum absolute atomic E-state index is 0.0368. The standard InChI is InChI=1S/C19H17ClN4O3/c1-3-27-19(26)16(11(2)25)17(12-5-4-6-14(20)7-12)15(10-23)18(24)13(8-21)9-22/h4-7,15-17H,3,24H2,1-2H3/t15-,16+,17-/m1/s1. The molecule has 3 atom stereocenters. The number of esters is 1. The van der Waals surface area contributed by atoms with E-state index in [1.165, 1.54) is 13.0 Å². The molecule has 0 amide bonds. The highest BCUT2D eigenvalue weighted by atomic mass is 35.5. The van der Waals surface area contributed by atoms with Gasteiger partial charge in [0.2, 0.25) is 0 Å². The van der Waals surface area contributed by atoms with Crippen LogP contribution in [0.1, 0.15) is 25.3 Å². The molecule has 0 aliphatic carbocycles. The maximum atomic E-state index is 12.5. The number of ketones is 1. The van der Waals surface area contributed by atoms with Crippen LogP contribution in [0.15, 0.2) is 35.5 Å². The number of nitriles is 3. The van der Waals surface area contributed by atoms with Gasteiger partial charge in [0.1, 0.15) is 29.4 Å². The molecule has 8 heteroatoms. The van der Waals surface area contributed by atoms with Gasteiger partial charge in [-0.3, -0.25) is 9.59 Å². The molecule has 0 aliphatic heterocycles. The third kappa shape index (κ3) is 5.07. The van der Waals surface area contributed by atoms with Crippen molar-refractivity contribution in [1.82, 2.24) is 0 Å². The summed E-state index contributed by atoms with van der Waals surface area (Å²) in [7, 11) is 0. The smallest absolute Gasteiger partial charge is 0.317 e. The average Bonchev–Trinajstić information content (AvgIpc) is 2.62. The Kier molecular flexibility index (Phi) is 8.01. The predicted octanol–water partition coefficient (Wildman–Crippen LogP) is 2.59. The Bertz CT molecular complexity index is 873. The number of benzene rings is 1. The molecule has 0 saturated carbocycles. The van der Waals surface area contributed by atoms with Gasteiger partial charge in [-0.1, -0.05) is 23.7 Å². The topological polar surface area (TPSA) is 141 Å². The van der Waals surface area contributed by atoms with Gasteiger partial charge < -0.3 is 10.5 Å². The van der Waals surface area contributed by atoms with Crippen LogP contribution in [0, 0.1) is 45.8 Å². The van der Waals surface area contributed by atoms with E-state index >= 15 is 0 Å². The molecule has 0 aromatic heterocycles. The molecule has 27 heavy (non-hydrogen) atoms. The molecule has 0 aliphatic rings. The Morgan fingerprint density at radius 2 is 1.89 bits per heavy atom. The summed E-state index contributed by atoms with van der Waals surface area (Å²) < 4.78 is 5.00. The molecule has 0 saturated heterocycles. The van der Waals surface area contributed by atoms with Crippen LogP contribution in [0.5, 0.6) is 0 Å². The lowest BCUT2D eigenvalue weighted by molar-refractivity contribution is -0.152. The summed E-state index contributed by atoms with van der Waals surface area (Å²) in [6.07, 6.45) is 0. The zero-order valence-corrected chi connectivity index (χ0v) is 15.5. The van der Waals surface area contributed by atoms with Crippen molar-refractivity contribution < 1.29 is 14.3 Å². The lowest BCUT2D eigenvalue weighted by Crippen LogP contribution is -2.36. The van der Waals surface area contributed by atoms with Gasteiger partial charge in [-0.05, 0) is 31.5 Å². The summed E-state index contributed by atoms with van der Waals surface area (Å²) in [5.74, 6) is -5.09. The molecule has 7 nitrogen and oxygen atoms in total. The van der Waals surface area contributed by atoms with Crippen LogP contribution in [-0.4, -0.2) is 18.4 Å². The fraction of sp³-hybridized carbons (Fsp3) is 0.316. The van der Waals surface area contributed by atoms with Crippen molar-refractivity contribution in [3.05, 3.63) is 46.1 Å². The van der Waals surface area contributed by atoms with E-state index < -0.39 is 35.1 Å². The van der Waals surface area contributed by atoms with Crippen LogP contribution in [0.2, 0.25) is 5.02 Å². The highest BCUT2D eigenvalue weighted by Gasteiger charge is 2.41. The lowest BCUT2D eigenvalue weighted by Gasteiger charge is -2.28. The second kappa shape index (κ2) is 9.97. The second-order valence-corrected chi connectivity index (χ2v) is 6.02. The molecule has 0 fully saturated rings. The average molecular weight is 385 g/mol. The lowest BCUT2D eigenvalue weighted by atomic mass is 9.74. The zero-order chi connectivity index (χ0) is 20.6. The largest absolute Gasteiger partial charge is 0.465 e. The van der Waals surface area contributed by atoms with Crippen molar-refractivity contribution in [1.29, 1.82) is 15.8 Å². The van der Waals surface area contributed by atoms with Crippen LogP contribution in [0.3, 0.4) is 0 Å². The molecular weight excluding hydrogens is 368 g/mol. The summed E-state index contributed by atoms with van der Waals surface area (Å²) >= 11 is 6.03. The quantitative estimate of drug-likeness (QED) is 0.432. The number of carbonyl (C=O) groups excluding carboxylic acids is 2. The van der Waals surface area contributed by atoms with Gasteiger partial charge in [0, 0.05) is 10.9 Å². The maximum absolute atomic E-state index is 12.5. The van der Waals surface area contributed by atoms with Gasteiger partial charge >= 0.3 is 5.97 Å². The fourth-order valence-corrected chi connectivity index (χ4v) is 2.94. The summed E-state index contributed by atoms with van der Waals surface area (Å²) in [5.41, 5.74) is 5.51. The highest BCUT2D eigenvalue weighted by molar-refractivity contribution is 6.30.